The molecule has 1 rings (SSSR count). The van der Waals surface area contributed by atoms with Crippen LogP contribution in [0.3, 0.4) is 0 Å². The maximum Gasteiger partial charge on any atom is 0.407 e. The standard InChI is InChI=1S/C17H26N2O4/c1-5-13(10-11-18-16(22)23-17(2,3)4)7-6-12-19-14(20)8-9-15(19)21/h5,8-9H,6-7,10-12H2,1-4H3,(H,18,22)/b13-5-. The number of allylic oxidation sites excluding steroid dienone is 1. The second-order valence-electron chi connectivity index (χ2n) is 6.39. The van der Waals surface area contributed by atoms with Gasteiger partial charge in [-0.2, -0.15) is 0 Å². The van der Waals surface area contributed by atoms with Gasteiger partial charge in [0.05, 0.1) is 0 Å². The first kappa shape index (κ1) is 18.9. The summed E-state index contributed by atoms with van der Waals surface area (Å²) in [5, 5.41) is 2.72. The Bertz CT molecular complexity index is 497. The molecule has 1 heterocycles. The number of hydrogen-bond donors (Lipinski definition) is 1. The van der Waals surface area contributed by atoms with Gasteiger partial charge in [-0.05, 0) is 47.0 Å². The summed E-state index contributed by atoms with van der Waals surface area (Å²) >= 11 is 0. The SMILES string of the molecule is C/C=C(/CCCN1C(=O)C=CC1=O)CCNC(=O)OC(C)(C)C. The Hall–Kier alpha value is -2.11. The molecular weight excluding hydrogens is 296 g/mol. The van der Waals surface area contributed by atoms with Crippen LogP contribution >= 0.6 is 0 Å². The van der Waals surface area contributed by atoms with E-state index in [0.29, 0.717) is 19.5 Å². The molecule has 0 saturated heterocycles. The van der Waals surface area contributed by atoms with Gasteiger partial charge in [0.15, 0.2) is 0 Å². The summed E-state index contributed by atoms with van der Waals surface area (Å²) in [5.74, 6) is -0.493. The second kappa shape index (κ2) is 8.50. The van der Waals surface area contributed by atoms with Gasteiger partial charge >= 0.3 is 6.09 Å². The fourth-order valence-electron chi connectivity index (χ4n) is 2.17. The Balaban J connectivity index is 2.24. The quantitative estimate of drug-likeness (QED) is 0.577. The summed E-state index contributed by atoms with van der Waals surface area (Å²) in [5.41, 5.74) is 0.671. The van der Waals surface area contributed by atoms with Gasteiger partial charge in [-0.15, -0.1) is 0 Å². The molecule has 1 N–H and O–H groups in total. The van der Waals surface area contributed by atoms with Crippen LogP contribution in [0, 0.1) is 0 Å². The van der Waals surface area contributed by atoms with Crippen LogP contribution in [0.4, 0.5) is 4.79 Å². The third-order valence-electron chi connectivity index (χ3n) is 3.30. The van der Waals surface area contributed by atoms with Crippen LogP contribution in [0.15, 0.2) is 23.8 Å². The van der Waals surface area contributed by atoms with Crippen LogP contribution in [0.5, 0.6) is 0 Å². The number of carbonyl (C=O) groups is 3. The minimum absolute atomic E-state index is 0.247. The van der Waals surface area contributed by atoms with Gasteiger partial charge in [0, 0.05) is 25.2 Å². The number of alkyl carbamates (subject to hydrolysis) is 1. The molecule has 0 aromatic carbocycles. The molecule has 128 valence electrons. The van der Waals surface area contributed by atoms with Crippen molar-refractivity contribution in [3.05, 3.63) is 23.8 Å². The van der Waals surface area contributed by atoms with Crippen LogP contribution in [0.1, 0.15) is 47.0 Å². The third-order valence-corrected chi connectivity index (χ3v) is 3.30. The van der Waals surface area contributed by atoms with Crippen LogP contribution in [0.2, 0.25) is 0 Å². The smallest absolute Gasteiger partial charge is 0.407 e. The largest absolute Gasteiger partial charge is 0.444 e. The molecule has 0 atom stereocenters. The van der Waals surface area contributed by atoms with E-state index in [1.165, 1.54) is 22.6 Å². The van der Waals surface area contributed by atoms with Gasteiger partial charge in [-0.25, -0.2) is 4.79 Å². The number of hydrogen-bond acceptors (Lipinski definition) is 4. The van der Waals surface area contributed by atoms with E-state index in [4.69, 9.17) is 4.74 Å². The molecule has 0 spiro atoms. The second-order valence-corrected chi connectivity index (χ2v) is 6.39. The maximum atomic E-state index is 11.5. The predicted octanol–water partition coefficient (Wildman–Crippen LogP) is 2.55. The van der Waals surface area contributed by atoms with Gasteiger partial charge in [0.1, 0.15) is 5.60 Å². The Morgan fingerprint density at radius 2 is 1.83 bits per heavy atom. The highest BCUT2D eigenvalue weighted by Gasteiger charge is 2.22. The zero-order chi connectivity index (χ0) is 17.5. The van der Waals surface area contributed by atoms with E-state index < -0.39 is 11.7 Å². The molecule has 0 radical (unpaired) electrons. The molecule has 1 aliphatic heterocycles. The molecule has 23 heavy (non-hydrogen) atoms. The zero-order valence-corrected chi connectivity index (χ0v) is 14.3. The summed E-state index contributed by atoms with van der Waals surface area (Å²) in [6.45, 7) is 8.31. The van der Waals surface area contributed by atoms with E-state index in [1.807, 2.05) is 33.8 Å². The summed E-state index contributed by atoms with van der Waals surface area (Å²) in [4.78, 5) is 35.7. The highest BCUT2D eigenvalue weighted by Crippen LogP contribution is 2.12. The fourth-order valence-corrected chi connectivity index (χ4v) is 2.17. The number of imide groups is 1. The Morgan fingerprint density at radius 3 is 2.35 bits per heavy atom. The number of rotatable bonds is 7. The first-order chi connectivity index (χ1) is 10.7. The molecule has 0 bridgehead atoms. The Morgan fingerprint density at radius 1 is 1.22 bits per heavy atom. The van der Waals surface area contributed by atoms with Crippen molar-refractivity contribution >= 4 is 17.9 Å². The van der Waals surface area contributed by atoms with Gasteiger partial charge in [0.25, 0.3) is 11.8 Å². The number of carbonyl (C=O) groups excluding carboxylic acids is 3. The van der Waals surface area contributed by atoms with E-state index in [9.17, 15) is 14.4 Å². The van der Waals surface area contributed by atoms with Crippen molar-refractivity contribution in [2.24, 2.45) is 0 Å². The summed E-state index contributed by atoms with van der Waals surface area (Å²) in [7, 11) is 0. The van der Waals surface area contributed by atoms with Crippen molar-refractivity contribution in [3.8, 4) is 0 Å². The van der Waals surface area contributed by atoms with Crippen molar-refractivity contribution in [3.63, 3.8) is 0 Å². The maximum absolute atomic E-state index is 11.5. The van der Waals surface area contributed by atoms with Crippen LogP contribution in [0.25, 0.3) is 0 Å². The van der Waals surface area contributed by atoms with Gasteiger partial charge in [-0.3, -0.25) is 14.5 Å². The zero-order valence-electron chi connectivity index (χ0n) is 14.3. The van der Waals surface area contributed by atoms with E-state index in [1.54, 1.807) is 0 Å². The minimum Gasteiger partial charge on any atom is -0.444 e. The molecule has 1 aliphatic rings. The number of nitrogens with zero attached hydrogens (tertiary/aromatic N) is 1. The molecule has 6 nitrogen and oxygen atoms in total. The average Bonchev–Trinajstić information content (AvgIpc) is 2.75. The lowest BCUT2D eigenvalue weighted by Crippen LogP contribution is -2.33. The van der Waals surface area contributed by atoms with Crippen molar-refractivity contribution in [1.29, 1.82) is 0 Å². The van der Waals surface area contributed by atoms with Crippen molar-refractivity contribution in [1.82, 2.24) is 10.2 Å². The molecule has 3 amide bonds. The summed E-state index contributed by atoms with van der Waals surface area (Å²) in [6, 6.07) is 0. The molecule has 0 unspecified atom stereocenters. The third kappa shape index (κ3) is 7.13. The fraction of sp³-hybridized carbons (Fsp3) is 0.588. The predicted molar refractivity (Wildman–Crippen MR) is 87.7 cm³/mol. The molecule has 6 heteroatoms. The Labute approximate surface area is 137 Å². The average molecular weight is 322 g/mol. The lowest BCUT2D eigenvalue weighted by atomic mass is 10.1. The van der Waals surface area contributed by atoms with E-state index in [2.05, 4.69) is 5.32 Å². The summed E-state index contributed by atoms with van der Waals surface area (Å²) in [6.07, 6.45) is 6.38. The van der Waals surface area contributed by atoms with E-state index >= 15 is 0 Å². The molecule has 0 fully saturated rings. The van der Waals surface area contributed by atoms with Gasteiger partial charge < -0.3 is 10.1 Å². The van der Waals surface area contributed by atoms with Crippen molar-refractivity contribution < 1.29 is 19.1 Å². The first-order valence-corrected chi connectivity index (χ1v) is 7.87. The monoisotopic (exact) mass is 322 g/mol. The molecule has 0 saturated carbocycles. The number of amides is 3. The van der Waals surface area contributed by atoms with Crippen molar-refractivity contribution in [2.45, 2.75) is 52.6 Å². The van der Waals surface area contributed by atoms with E-state index in [-0.39, 0.29) is 11.8 Å². The van der Waals surface area contributed by atoms with Gasteiger partial charge in [-0.1, -0.05) is 11.6 Å². The lowest BCUT2D eigenvalue weighted by Gasteiger charge is -2.20. The number of nitrogens with one attached hydrogen (secondary N) is 1. The van der Waals surface area contributed by atoms with Gasteiger partial charge in [0.2, 0.25) is 0 Å². The minimum atomic E-state index is -0.504. The van der Waals surface area contributed by atoms with Crippen LogP contribution in [-0.2, 0) is 14.3 Å². The molecule has 0 aliphatic carbocycles. The highest BCUT2D eigenvalue weighted by atomic mass is 16.6. The molecular formula is C17H26N2O4. The topological polar surface area (TPSA) is 75.7 Å². The molecule has 0 aromatic rings. The van der Waals surface area contributed by atoms with Crippen LogP contribution < -0.4 is 5.32 Å². The Kier molecular flexibility index (Phi) is 7.00. The first-order valence-electron chi connectivity index (χ1n) is 7.87. The summed E-state index contributed by atoms with van der Waals surface area (Å²) < 4.78 is 5.17. The molecule has 0 aromatic heterocycles. The normalized spacial score (nSPS) is 15.3. The number of ether oxygens (including phenoxy) is 1. The van der Waals surface area contributed by atoms with E-state index in [0.717, 1.165) is 12.8 Å². The van der Waals surface area contributed by atoms with Crippen molar-refractivity contribution in [2.75, 3.05) is 13.1 Å². The van der Waals surface area contributed by atoms with Crippen LogP contribution in [-0.4, -0.2) is 41.5 Å². The lowest BCUT2D eigenvalue weighted by molar-refractivity contribution is -0.136. The highest BCUT2D eigenvalue weighted by molar-refractivity contribution is 6.12.